The van der Waals surface area contributed by atoms with Crippen LogP contribution in [0.5, 0.6) is 0 Å². The first-order valence-corrected chi connectivity index (χ1v) is 6.68. The van der Waals surface area contributed by atoms with E-state index in [0.717, 1.165) is 16.5 Å². The normalized spacial score (nSPS) is 10.5. The summed E-state index contributed by atoms with van der Waals surface area (Å²) in [5.74, 6) is -0.364. The van der Waals surface area contributed by atoms with Crippen molar-refractivity contribution in [1.29, 1.82) is 5.26 Å². The maximum Gasteiger partial charge on any atom is 0.129 e. The van der Waals surface area contributed by atoms with E-state index in [1.165, 1.54) is 6.07 Å². The number of hydrogen-bond acceptors (Lipinski definition) is 2. The van der Waals surface area contributed by atoms with Crippen LogP contribution in [0.25, 0.3) is 10.9 Å². The zero-order valence-corrected chi connectivity index (χ0v) is 11.6. The van der Waals surface area contributed by atoms with E-state index in [4.69, 9.17) is 5.26 Å². The van der Waals surface area contributed by atoms with Crippen molar-refractivity contribution in [1.82, 2.24) is 4.98 Å². The van der Waals surface area contributed by atoms with E-state index >= 15 is 0 Å². The molecule has 4 heteroatoms. The van der Waals surface area contributed by atoms with Crippen LogP contribution in [-0.4, -0.2) is 4.98 Å². The number of nitrogens with one attached hydrogen (secondary N) is 2. The van der Waals surface area contributed by atoms with Gasteiger partial charge in [-0.15, -0.1) is 0 Å². The number of halogens is 1. The average Bonchev–Trinajstić information content (AvgIpc) is 2.97. The van der Waals surface area contributed by atoms with Crippen LogP contribution >= 0.6 is 0 Å². The highest BCUT2D eigenvalue weighted by Crippen LogP contribution is 2.23. The Kier molecular flexibility index (Phi) is 3.33. The van der Waals surface area contributed by atoms with E-state index in [0.29, 0.717) is 23.4 Å². The first-order valence-electron chi connectivity index (χ1n) is 6.68. The zero-order valence-electron chi connectivity index (χ0n) is 11.6. The molecule has 0 unspecified atom stereocenters. The molecule has 1 aromatic heterocycles. The second-order valence-corrected chi connectivity index (χ2v) is 4.95. The first-order chi connectivity index (χ1) is 10.2. The van der Waals surface area contributed by atoms with Crippen molar-refractivity contribution >= 4 is 16.6 Å². The van der Waals surface area contributed by atoms with E-state index in [-0.39, 0.29) is 5.82 Å². The third-order valence-corrected chi connectivity index (χ3v) is 3.63. The molecule has 104 valence electrons. The maximum atomic E-state index is 13.8. The SMILES string of the molecule is Cc1c(F)cc(C#N)cc1NCc1cccc2[nH]ccc12. The molecule has 2 aromatic carbocycles. The number of hydrogen-bond donors (Lipinski definition) is 2. The van der Waals surface area contributed by atoms with Crippen LogP contribution in [0.15, 0.2) is 42.6 Å². The predicted octanol–water partition coefficient (Wildman–Crippen LogP) is 4.10. The minimum absolute atomic E-state index is 0.320. The van der Waals surface area contributed by atoms with E-state index in [1.54, 1.807) is 13.0 Å². The molecule has 3 rings (SSSR count). The number of nitrogens with zero attached hydrogens (tertiary/aromatic N) is 1. The number of aromatic nitrogens is 1. The molecule has 0 amide bonds. The maximum absolute atomic E-state index is 13.8. The summed E-state index contributed by atoms with van der Waals surface area (Å²) >= 11 is 0. The summed E-state index contributed by atoms with van der Waals surface area (Å²) in [7, 11) is 0. The smallest absolute Gasteiger partial charge is 0.129 e. The molecule has 0 spiro atoms. The van der Waals surface area contributed by atoms with Crippen LogP contribution in [0.4, 0.5) is 10.1 Å². The second-order valence-electron chi connectivity index (χ2n) is 4.95. The van der Waals surface area contributed by atoms with Gasteiger partial charge >= 0.3 is 0 Å². The lowest BCUT2D eigenvalue weighted by Crippen LogP contribution is -2.03. The molecule has 1 heterocycles. The molecule has 0 aliphatic heterocycles. The fraction of sp³-hybridized carbons (Fsp3) is 0.118. The van der Waals surface area contributed by atoms with Gasteiger partial charge in [-0.3, -0.25) is 0 Å². The molecule has 0 saturated heterocycles. The summed E-state index contributed by atoms with van der Waals surface area (Å²) in [6.45, 7) is 2.28. The Balaban J connectivity index is 1.90. The second kappa shape index (κ2) is 5.29. The van der Waals surface area contributed by atoms with Gasteiger partial charge in [-0.05, 0) is 36.8 Å². The Bertz CT molecular complexity index is 843. The Morgan fingerprint density at radius 3 is 2.95 bits per heavy atom. The lowest BCUT2D eigenvalue weighted by molar-refractivity contribution is 0.618. The molecule has 2 N–H and O–H groups in total. The molecule has 3 nitrogen and oxygen atoms in total. The van der Waals surface area contributed by atoms with Crippen molar-refractivity contribution in [3.8, 4) is 6.07 Å². The molecule has 0 fully saturated rings. The molecule has 0 aliphatic carbocycles. The lowest BCUT2D eigenvalue weighted by atomic mass is 10.1. The van der Waals surface area contributed by atoms with Crippen molar-refractivity contribution in [2.75, 3.05) is 5.32 Å². The van der Waals surface area contributed by atoms with Crippen LogP contribution in [-0.2, 0) is 6.54 Å². The number of aromatic amines is 1. The van der Waals surface area contributed by atoms with Crippen LogP contribution in [0.3, 0.4) is 0 Å². The number of benzene rings is 2. The van der Waals surface area contributed by atoms with Crippen molar-refractivity contribution in [2.45, 2.75) is 13.5 Å². The van der Waals surface area contributed by atoms with Gasteiger partial charge in [-0.25, -0.2) is 4.39 Å². The summed E-state index contributed by atoms with van der Waals surface area (Å²) < 4.78 is 13.8. The molecule has 0 aliphatic rings. The topological polar surface area (TPSA) is 51.6 Å². The standard InChI is InChI=1S/C17H14FN3/c1-11-15(18)7-12(9-19)8-17(11)21-10-13-3-2-4-16-14(13)5-6-20-16/h2-8,20-21H,10H2,1H3. The number of fused-ring (bicyclic) bond motifs is 1. The monoisotopic (exact) mass is 279 g/mol. The third-order valence-electron chi connectivity index (χ3n) is 3.63. The van der Waals surface area contributed by atoms with E-state index in [2.05, 4.69) is 10.3 Å². The van der Waals surface area contributed by atoms with Gasteiger partial charge in [-0.2, -0.15) is 5.26 Å². The van der Waals surface area contributed by atoms with Crippen molar-refractivity contribution in [3.05, 3.63) is 65.1 Å². The lowest BCUT2D eigenvalue weighted by Gasteiger charge is -2.11. The summed E-state index contributed by atoms with van der Waals surface area (Å²) in [6.07, 6.45) is 1.90. The number of H-pyrrole nitrogens is 1. The Morgan fingerprint density at radius 1 is 1.29 bits per heavy atom. The molecule has 3 aromatic rings. The van der Waals surface area contributed by atoms with Gasteiger partial charge in [0, 0.05) is 34.9 Å². The molecular formula is C17H14FN3. The van der Waals surface area contributed by atoms with E-state index in [9.17, 15) is 4.39 Å². The molecule has 0 atom stereocenters. The average molecular weight is 279 g/mol. The molecular weight excluding hydrogens is 265 g/mol. The molecule has 0 radical (unpaired) electrons. The predicted molar refractivity (Wildman–Crippen MR) is 81.5 cm³/mol. The van der Waals surface area contributed by atoms with Crippen molar-refractivity contribution in [3.63, 3.8) is 0 Å². The van der Waals surface area contributed by atoms with Gasteiger partial charge in [0.2, 0.25) is 0 Å². The zero-order chi connectivity index (χ0) is 14.8. The first kappa shape index (κ1) is 13.2. The van der Waals surface area contributed by atoms with Crippen molar-refractivity contribution in [2.24, 2.45) is 0 Å². The van der Waals surface area contributed by atoms with Crippen LogP contribution < -0.4 is 5.32 Å². The summed E-state index contributed by atoms with van der Waals surface area (Å²) in [4.78, 5) is 3.17. The number of nitriles is 1. The van der Waals surface area contributed by atoms with Gasteiger partial charge in [0.15, 0.2) is 0 Å². The third kappa shape index (κ3) is 2.46. The fourth-order valence-electron chi connectivity index (χ4n) is 2.42. The fourth-order valence-corrected chi connectivity index (χ4v) is 2.42. The van der Waals surface area contributed by atoms with Crippen molar-refractivity contribution < 1.29 is 4.39 Å². The number of anilines is 1. The molecule has 0 bridgehead atoms. The number of rotatable bonds is 3. The van der Waals surface area contributed by atoms with E-state index < -0.39 is 0 Å². The summed E-state index contributed by atoms with van der Waals surface area (Å²) in [6, 6.07) is 13.0. The minimum Gasteiger partial charge on any atom is -0.381 e. The Hall–Kier alpha value is -2.80. The van der Waals surface area contributed by atoms with Gasteiger partial charge < -0.3 is 10.3 Å². The Morgan fingerprint density at radius 2 is 2.14 bits per heavy atom. The van der Waals surface area contributed by atoms with Gasteiger partial charge in [-0.1, -0.05) is 12.1 Å². The molecule has 0 saturated carbocycles. The highest BCUT2D eigenvalue weighted by Gasteiger charge is 2.08. The quantitative estimate of drug-likeness (QED) is 0.758. The van der Waals surface area contributed by atoms with Gasteiger partial charge in [0.25, 0.3) is 0 Å². The summed E-state index contributed by atoms with van der Waals surface area (Å²) in [5, 5.41) is 13.3. The highest BCUT2D eigenvalue weighted by molar-refractivity contribution is 5.83. The summed E-state index contributed by atoms with van der Waals surface area (Å²) in [5.41, 5.74) is 3.69. The van der Waals surface area contributed by atoms with Crippen LogP contribution in [0, 0.1) is 24.1 Å². The Labute approximate surface area is 122 Å². The van der Waals surface area contributed by atoms with Crippen LogP contribution in [0.1, 0.15) is 16.7 Å². The largest absolute Gasteiger partial charge is 0.381 e. The minimum atomic E-state index is -0.364. The highest BCUT2D eigenvalue weighted by atomic mass is 19.1. The van der Waals surface area contributed by atoms with Crippen LogP contribution in [0.2, 0.25) is 0 Å². The van der Waals surface area contributed by atoms with Gasteiger partial charge in [0.05, 0.1) is 11.6 Å². The molecule has 21 heavy (non-hydrogen) atoms. The van der Waals surface area contributed by atoms with E-state index in [1.807, 2.05) is 36.5 Å². The van der Waals surface area contributed by atoms with Gasteiger partial charge in [0.1, 0.15) is 5.82 Å².